The minimum absolute atomic E-state index is 0.253. The third-order valence-corrected chi connectivity index (χ3v) is 4.03. The van der Waals surface area contributed by atoms with Crippen LogP contribution in [0.25, 0.3) is 0 Å². The van der Waals surface area contributed by atoms with Gasteiger partial charge in [0.05, 0.1) is 11.9 Å². The van der Waals surface area contributed by atoms with Crippen molar-refractivity contribution in [3.8, 4) is 0 Å². The van der Waals surface area contributed by atoms with Crippen molar-refractivity contribution in [2.75, 3.05) is 30.3 Å². The van der Waals surface area contributed by atoms with Crippen LogP contribution in [0.4, 0.5) is 18.9 Å². The Kier molecular flexibility index (Phi) is 6.79. The molecule has 0 saturated carbocycles. The summed E-state index contributed by atoms with van der Waals surface area (Å²) in [5, 5.41) is 1.53. The maximum absolute atomic E-state index is 11.9. The Labute approximate surface area is 142 Å². The summed E-state index contributed by atoms with van der Waals surface area (Å²) in [4.78, 5) is 22.9. The average Bonchev–Trinajstić information content (AvgIpc) is 2.47. The van der Waals surface area contributed by atoms with Crippen LogP contribution in [0.1, 0.15) is 5.56 Å². The maximum atomic E-state index is 11.9. The summed E-state index contributed by atoms with van der Waals surface area (Å²) in [6.07, 6.45) is -3.69. The van der Waals surface area contributed by atoms with Gasteiger partial charge in [-0.15, -0.1) is 0 Å². The first-order valence-electron chi connectivity index (χ1n) is 6.92. The van der Waals surface area contributed by atoms with Crippen LogP contribution in [0, 0.1) is 6.92 Å². The highest BCUT2D eigenvalue weighted by Gasteiger charge is 2.28. The number of halogens is 3. The number of amides is 1. The van der Waals surface area contributed by atoms with Crippen LogP contribution < -0.4 is 9.62 Å². The summed E-state index contributed by atoms with van der Waals surface area (Å²) in [5.41, 5.74) is 0.840. The summed E-state index contributed by atoms with van der Waals surface area (Å²) < 4.78 is 64.9. The molecule has 1 amide bonds. The van der Waals surface area contributed by atoms with Crippen molar-refractivity contribution in [2.45, 2.75) is 13.1 Å². The number of sulfonamides is 1. The van der Waals surface area contributed by atoms with E-state index in [1.54, 1.807) is 25.1 Å². The zero-order chi connectivity index (χ0) is 19.3. The van der Waals surface area contributed by atoms with Crippen LogP contribution in [0.5, 0.6) is 0 Å². The lowest BCUT2D eigenvalue weighted by Crippen LogP contribution is -2.39. The molecule has 1 aromatic carbocycles. The Hall–Kier alpha value is -2.30. The molecule has 0 atom stereocenters. The molecule has 0 aromatic heterocycles. The third kappa shape index (κ3) is 7.42. The van der Waals surface area contributed by atoms with Crippen LogP contribution in [0.3, 0.4) is 0 Å². The van der Waals surface area contributed by atoms with Crippen LogP contribution in [-0.2, 0) is 24.3 Å². The fraction of sp³-hybridized carbons (Fsp3) is 0.429. The number of carbonyl (C=O) groups is 2. The number of esters is 1. The quantitative estimate of drug-likeness (QED) is 0.710. The van der Waals surface area contributed by atoms with Crippen molar-refractivity contribution in [3.05, 3.63) is 29.8 Å². The largest absolute Gasteiger partial charge is 0.454 e. The second kappa shape index (κ2) is 8.19. The minimum Gasteiger partial charge on any atom is -0.454 e. The summed E-state index contributed by atoms with van der Waals surface area (Å²) in [6, 6.07) is 6.39. The van der Waals surface area contributed by atoms with Gasteiger partial charge in [0.1, 0.15) is 13.1 Å². The van der Waals surface area contributed by atoms with E-state index in [0.717, 1.165) is 10.6 Å². The number of hydrogen-bond donors (Lipinski definition) is 1. The van der Waals surface area contributed by atoms with E-state index in [4.69, 9.17) is 0 Å². The fourth-order valence-electron chi connectivity index (χ4n) is 1.78. The molecular weight excluding hydrogens is 365 g/mol. The molecule has 11 heteroatoms. The van der Waals surface area contributed by atoms with Gasteiger partial charge in [0.2, 0.25) is 10.0 Å². The molecular formula is C14H17F3N2O5S. The van der Waals surface area contributed by atoms with Gasteiger partial charge in [0.25, 0.3) is 5.91 Å². The van der Waals surface area contributed by atoms with Gasteiger partial charge >= 0.3 is 12.1 Å². The van der Waals surface area contributed by atoms with Crippen molar-refractivity contribution in [1.29, 1.82) is 0 Å². The Morgan fingerprint density at radius 2 is 1.84 bits per heavy atom. The molecule has 1 aromatic rings. The van der Waals surface area contributed by atoms with Gasteiger partial charge in [-0.25, -0.2) is 8.42 Å². The minimum atomic E-state index is -4.59. The number of aryl methyl sites for hydroxylation is 1. The van der Waals surface area contributed by atoms with E-state index in [0.29, 0.717) is 5.56 Å². The van der Waals surface area contributed by atoms with Gasteiger partial charge < -0.3 is 10.1 Å². The smallest absolute Gasteiger partial charge is 0.405 e. The van der Waals surface area contributed by atoms with Gasteiger partial charge in [0, 0.05) is 0 Å². The molecule has 0 aliphatic rings. The molecule has 0 fully saturated rings. The Bertz CT molecular complexity index is 734. The van der Waals surface area contributed by atoms with E-state index in [9.17, 15) is 31.2 Å². The molecule has 0 saturated heterocycles. The first-order chi connectivity index (χ1) is 11.4. The van der Waals surface area contributed by atoms with Crippen molar-refractivity contribution >= 4 is 27.6 Å². The molecule has 1 rings (SSSR count). The van der Waals surface area contributed by atoms with Crippen molar-refractivity contribution in [2.24, 2.45) is 0 Å². The number of nitrogens with zero attached hydrogens (tertiary/aromatic N) is 1. The van der Waals surface area contributed by atoms with Crippen LogP contribution >= 0.6 is 0 Å². The van der Waals surface area contributed by atoms with E-state index < -0.39 is 47.8 Å². The predicted molar refractivity (Wildman–Crippen MR) is 83.4 cm³/mol. The number of ether oxygens (including phenoxy) is 1. The SMILES string of the molecule is Cc1ccccc1N(CC(=O)OCC(=O)NCC(F)(F)F)S(C)(=O)=O. The predicted octanol–water partition coefficient (Wildman–Crippen LogP) is 0.983. The molecule has 0 spiro atoms. The van der Waals surface area contributed by atoms with Gasteiger partial charge in [-0.3, -0.25) is 13.9 Å². The van der Waals surface area contributed by atoms with E-state index >= 15 is 0 Å². The Morgan fingerprint density at radius 3 is 2.36 bits per heavy atom. The van der Waals surface area contributed by atoms with E-state index in [1.807, 2.05) is 0 Å². The van der Waals surface area contributed by atoms with Gasteiger partial charge in [-0.2, -0.15) is 13.2 Å². The maximum Gasteiger partial charge on any atom is 0.405 e. The molecule has 0 aliphatic carbocycles. The van der Waals surface area contributed by atoms with Crippen LogP contribution in [0.15, 0.2) is 24.3 Å². The monoisotopic (exact) mass is 382 g/mol. The van der Waals surface area contributed by atoms with Crippen molar-refractivity contribution in [1.82, 2.24) is 5.32 Å². The second-order valence-corrected chi connectivity index (χ2v) is 7.02. The summed E-state index contributed by atoms with van der Waals surface area (Å²) >= 11 is 0. The number of alkyl halides is 3. The highest BCUT2D eigenvalue weighted by molar-refractivity contribution is 7.92. The highest BCUT2D eigenvalue weighted by atomic mass is 32.2. The lowest BCUT2D eigenvalue weighted by atomic mass is 10.2. The number of para-hydroxylation sites is 1. The standard InChI is InChI=1S/C14H17F3N2O5S/c1-10-5-3-4-6-11(10)19(25(2,22)23)7-13(21)24-8-12(20)18-9-14(15,16)17/h3-6H,7-9H2,1-2H3,(H,18,20). The summed E-state index contributed by atoms with van der Waals surface area (Å²) in [5.74, 6) is -2.22. The fourth-order valence-corrected chi connectivity index (χ4v) is 2.69. The second-order valence-electron chi connectivity index (χ2n) is 5.11. The zero-order valence-corrected chi connectivity index (χ0v) is 14.3. The summed E-state index contributed by atoms with van der Waals surface area (Å²) in [6.45, 7) is -1.57. The normalized spacial score (nSPS) is 11.7. The van der Waals surface area contributed by atoms with Crippen LogP contribution in [-0.4, -0.2) is 52.4 Å². The summed E-state index contributed by atoms with van der Waals surface area (Å²) in [7, 11) is -3.82. The first kappa shape index (κ1) is 20.7. The van der Waals surface area contributed by atoms with Gasteiger partial charge in [-0.05, 0) is 18.6 Å². The van der Waals surface area contributed by atoms with E-state index in [-0.39, 0.29) is 5.69 Å². The number of benzene rings is 1. The van der Waals surface area contributed by atoms with Gasteiger partial charge in [0.15, 0.2) is 6.61 Å². The number of anilines is 1. The Morgan fingerprint density at radius 1 is 1.24 bits per heavy atom. The van der Waals surface area contributed by atoms with Crippen molar-refractivity contribution in [3.63, 3.8) is 0 Å². The molecule has 0 unspecified atom stereocenters. The molecule has 7 nitrogen and oxygen atoms in total. The lowest BCUT2D eigenvalue weighted by Gasteiger charge is -2.23. The third-order valence-electron chi connectivity index (χ3n) is 2.91. The molecule has 140 valence electrons. The molecule has 0 radical (unpaired) electrons. The van der Waals surface area contributed by atoms with Gasteiger partial charge in [-0.1, -0.05) is 18.2 Å². The van der Waals surface area contributed by atoms with E-state index in [1.165, 1.54) is 11.4 Å². The highest BCUT2D eigenvalue weighted by Crippen LogP contribution is 2.21. The molecule has 1 N–H and O–H groups in total. The molecule has 0 aliphatic heterocycles. The number of nitrogens with one attached hydrogen (secondary N) is 1. The Balaban J connectivity index is 2.69. The number of hydrogen-bond acceptors (Lipinski definition) is 5. The molecule has 0 heterocycles. The topological polar surface area (TPSA) is 92.8 Å². The van der Waals surface area contributed by atoms with E-state index in [2.05, 4.69) is 4.74 Å². The molecule has 0 bridgehead atoms. The lowest BCUT2D eigenvalue weighted by molar-refractivity contribution is -0.150. The van der Waals surface area contributed by atoms with Crippen LogP contribution in [0.2, 0.25) is 0 Å². The number of carbonyl (C=O) groups excluding carboxylic acids is 2. The zero-order valence-electron chi connectivity index (χ0n) is 13.5. The number of rotatable bonds is 7. The molecule has 25 heavy (non-hydrogen) atoms. The van der Waals surface area contributed by atoms with Crippen molar-refractivity contribution < 1.29 is 35.9 Å². The average molecular weight is 382 g/mol. The first-order valence-corrected chi connectivity index (χ1v) is 8.77.